The molecule has 0 aliphatic rings. The minimum Gasteiger partial charge on any atom is -0.449 e. The first-order chi connectivity index (χ1) is 12.9. The predicted molar refractivity (Wildman–Crippen MR) is 105 cm³/mol. The van der Waals surface area contributed by atoms with Crippen LogP contribution in [0.4, 0.5) is 10.1 Å². The summed E-state index contributed by atoms with van der Waals surface area (Å²) in [4.78, 5) is 24.3. The lowest BCUT2D eigenvalue weighted by Gasteiger charge is -2.17. The van der Waals surface area contributed by atoms with Gasteiger partial charge in [0.05, 0.1) is 0 Å². The molecule has 142 valence electrons. The molecule has 0 heterocycles. The van der Waals surface area contributed by atoms with Gasteiger partial charge >= 0.3 is 5.97 Å². The standard InChI is InChI=1S/C22H24FNO3/c1-4-15(2)19-10-5-6-11-20(19)24-22(26)16(3)27-21(25)13-12-17-8-7-9-18(23)14-17/h5-16H,4H2,1-3H3,(H,24,26)/b13-12+/t15-,16+/m0/s1. The zero-order chi connectivity index (χ0) is 19.8. The SMILES string of the molecule is CC[C@H](C)c1ccccc1NC(=O)[C@@H](C)OC(=O)/C=C/c1cccc(F)c1. The van der Waals surface area contributed by atoms with Crippen molar-refractivity contribution in [3.05, 3.63) is 71.6 Å². The Hall–Kier alpha value is -2.95. The van der Waals surface area contributed by atoms with Crippen molar-refractivity contribution in [1.82, 2.24) is 0 Å². The molecular formula is C22H24FNO3. The number of hydrogen-bond donors (Lipinski definition) is 1. The van der Waals surface area contributed by atoms with Crippen LogP contribution in [0.2, 0.25) is 0 Å². The van der Waals surface area contributed by atoms with Crippen LogP contribution in [0.15, 0.2) is 54.6 Å². The van der Waals surface area contributed by atoms with E-state index in [9.17, 15) is 14.0 Å². The molecule has 0 unspecified atom stereocenters. The maximum atomic E-state index is 13.1. The van der Waals surface area contributed by atoms with Gasteiger partial charge in [-0.05, 0) is 54.7 Å². The van der Waals surface area contributed by atoms with E-state index < -0.39 is 23.8 Å². The number of amides is 1. The van der Waals surface area contributed by atoms with Crippen LogP contribution in [-0.4, -0.2) is 18.0 Å². The van der Waals surface area contributed by atoms with E-state index in [-0.39, 0.29) is 0 Å². The van der Waals surface area contributed by atoms with Crippen LogP contribution in [-0.2, 0) is 14.3 Å². The molecule has 1 N–H and O–H groups in total. The number of para-hydroxylation sites is 1. The second kappa shape index (κ2) is 9.67. The molecule has 4 nitrogen and oxygen atoms in total. The van der Waals surface area contributed by atoms with Gasteiger partial charge in [-0.3, -0.25) is 4.79 Å². The number of anilines is 1. The Morgan fingerprint density at radius 2 is 1.89 bits per heavy atom. The van der Waals surface area contributed by atoms with Crippen molar-refractivity contribution in [2.24, 2.45) is 0 Å². The van der Waals surface area contributed by atoms with Crippen molar-refractivity contribution >= 4 is 23.6 Å². The first-order valence-corrected chi connectivity index (χ1v) is 8.94. The molecule has 2 aromatic carbocycles. The second-order valence-corrected chi connectivity index (χ2v) is 6.35. The molecule has 27 heavy (non-hydrogen) atoms. The van der Waals surface area contributed by atoms with Gasteiger partial charge in [0, 0.05) is 11.8 Å². The summed E-state index contributed by atoms with van der Waals surface area (Å²) < 4.78 is 18.3. The summed E-state index contributed by atoms with van der Waals surface area (Å²) in [6.07, 6.45) is 2.60. The second-order valence-electron chi connectivity index (χ2n) is 6.35. The highest BCUT2D eigenvalue weighted by atomic mass is 19.1. The van der Waals surface area contributed by atoms with Gasteiger partial charge < -0.3 is 10.1 Å². The number of nitrogens with one attached hydrogen (secondary N) is 1. The van der Waals surface area contributed by atoms with Crippen LogP contribution >= 0.6 is 0 Å². The van der Waals surface area contributed by atoms with Crippen molar-refractivity contribution in [3.63, 3.8) is 0 Å². The van der Waals surface area contributed by atoms with Crippen molar-refractivity contribution < 1.29 is 18.7 Å². The van der Waals surface area contributed by atoms with Gasteiger partial charge in [0.1, 0.15) is 5.82 Å². The topological polar surface area (TPSA) is 55.4 Å². The monoisotopic (exact) mass is 369 g/mol. The van der Waals surface area contributed by atoms with Crippen molar-refractivity contribution in [1.29, 1.82) is 0 Å². The van der Waals surface area contributed by atoms with Crippen molar-refractivity contribution in [3.8, 4) is 0 Å². The lowest BCUT2D eigenvalue weighted by molar-refractivity contribution is -0.148. The Morgan fingerprint density at radius 3 is 2.59 bits per heavy atom. The fourth-order valence-electron chi connectivity index (χ4n) is 2.54. The first-order valence-electron chi connectivity index (χ1n) is 8.94. The fraction of sp³-hybridized carbons (Fsp3) is 0.273. The van der Waals surface area contributed by atoms with E-state index in [0.717, 1.165) is 17.7 Å². The van der Waals surface area contributed by atoms with Crippen molar-refractivity contribution in [2.45, 2.75) is 39.2 Å². The molecular weight excluding hydrogens is 345 g/mol. The number of carbonyl (C=O) groups excluding carboxylic acids is 2. The molecule has 2 aromatic rings. The molecule has 2 rings (SSSR count). The van der Waals surface area contributed by atoms with E-state index >= 15 is 0 Å². The summed E-state index contributed by atoms with van der Waals surface area (Å²) in [5.74, 6) is -1.16. The average Bonchev–Trinajstić information content (AvgIpc) is 2.66. The third-order valence-corrected chi connectivity index (χ3v) is 4.28. The molecule has 0 bridgehead atoms. The number of hydrogen-bond acceptors (Lipinski definition) is 3. The van der Waals surface area contributed by atoms with Gasteiger partial charge in [-0.15, -0.1) is 0 Å². The molecule has 0 saturated heterocycles. The normalized spacial score (nSPS) is 13.2. The van der Waals surface area contributed by atoms with Gasteiger partial charge in [0.25, 0.3) is 5.91 Å². The van der Waals surface area contributed by atoms with E-state index in [1.54, 1.807) is 12.1 Å². The van der Waals surface area contributed by atoms with Gasteiger partial charge in [0.2, 0.25) is 0 Å². The number of halogens is 1. The third-order valence-electron chi connectivity index (χ3n) is 4.28. The Morgan fingerprint density at radius 1 is 1.15 bits per heavy atom. The summed E-state index contributed by atoms with van der Waals surface area (Å²) in [5.41, 5.74) is 2.29. The van der Waals surface area contributed by atoms with Gasteiger partial charge in [0.15, 0.2) is 6.10 Å². The summed E-state index contributed by atoms with van der Waals surface area (Å²) >= 11 is 0. The van der Waals surface area contributed by atoms with Crippen molar-refractivity contribution in [2.75, 3.05) is 5.32 Å². The number of ether oxygens (including phenoxy) is 1. The van der Waals surface area contributed by atoms with E-state index in [4.69, 9.17) is 4.74 Å². The zero-order valence-corrected chi connectivity index (χ0v) is 15.7. The molecule has 5 heteroatoms. The Bertz CT molecular complexity index is 832. The van der Waals surface area contributed by atoms with Crippen LogP contribution in [0.3, 0.4) is 0 Å². The largest absolute Gasteiger partial charge is 0.449 e. The molecule has 0 aliphatic heterocycles. The van der Waals surface area contributed by atoms with Crippen LogP contribution < -0.4 is 5.32 Å². The number of rotatable bonds is 7. The number of carbonyl (C=O) groups is 2. The Labute approximate surface area is 159 Å². The highest BCUT2D eigenvalue weighted by Gasteiger charge is 2.18. The summed E-state index contributed by atoms with van der Waals surface area (Å²) in [5, 5.41) is 2.82. The smallest absolute Gasteiger partial charge is 0.331 e. The Kier molecular flexibility index (Phi) is 7.29. The van der Waals surface area contributed by atoms with Crippen LogP contribution in [0.1, 0.15) is 44.2 Å². The molecule has 0 aromatic heterocycles. The van der Waals surface area contributed by atoms with Gasteiger partial charge in [-0.2, -0.15) is 0 Å². The van der Waals surface area contributed by atoms with Crippen LogP contribution in [0.5, 0.6) is 0 Å². The van der Waals surface area contributed by atoms with E-state index in [0.29, 0.717) is 11.5 Å². The first kappa shape index (κ1) is 20.4. The highest BCUT2D eigenvalue weighted by Crippen LogP contribution is 2.26. The number of esters is 1. The molecule has 0 spiro atoms. The van der Waals surface area contributed by atoms with Gasteiger partial charge in [-0.25, -0.2) is 9.18 Å². The lowest BCUT2D eigenvalue weighted by atomic mass is 9.97. The predicted octanol–water partition coefficient (Wildman–Crippen LogP) is 4.92. The minimum atomic E-state index is -0.959. The van der Waals surface area contributed by atoms with Crippen LogP contribution in [0, 0.1) is 5.82 Å². The summed E-state index contributed by atoms with van der Waals surface area (Å²) in [6.45, 7) is 5.68. The number of benzene rings is 2. The maximum Gasteiger partial charge on any atom is 0.331 e. The molecule has 1 amide bonds. The molecule has 2 atom stereocenters. The summed E-state index contributed by atoms with van der Waals surface area (Å²) in [6, 6.07) is 13.4. The molecule has 0 radical (unpaired) electrons. The van der Waals surface area contributed by atoms with Gasteiger partial charge in [-0.1, -0.05) is 44.2 Å². The zero-order valence-electron chi connectivity index (χ0n) is 15.7. The third kappa shape index (κ3) is 6.06. The summed E-state index contributed by atoms with van der Waals surface area (Å²) in [7, 11) is 0. The minimum absolute atomic E-state index is 0.300. The Balaban J connectivity index is 1.97. The fourth-order valence-corrected chi connectivity index (χ4v) is 2.54. The van der Waals surface area contributed by atoms with E-state index in [2.05, 4.69) is 19.2 Å². The van der Waals surface area contributed by atoms with E-state index in [1.165, 1.54) is 31.2 Å². The molecule has 0 fully saturated rings. The lowest BCUT2D eigenvalue weighted by Crippen LogP contribution is -2.29. The molecule has 0 saturated carbocycles. The quantitative estimate of drug-likeness (QED) is 0.556. The maximum absolute atomic E-state index is 13.1. The average molecular weight is 369 g/mol. The van der Waals surface area contributed by atoms with Crippen LogP contribution in [0.25, 0.3) is 6.08 Å². The highest BCUT2D eigenvalue weighted by molar-refractivity contribution is 5.97. The molecule has 0 aliphatic carbocycles. The van der Waals surface area contributed by atoms with E-state index in [1.807, 2.05) is 24.3 Å².